The van der Waals surface area contributed by atoms with E-state index < -0.39 is 11.6 Å². The average molecular weight is 552 g/mol. The summed E-state index contributed by atoms with van der Waals surface area (Å²) >= 11 is 0. The number of aryl methyl sites for hydroxylation is 1. The highest BCUT2D eigenvalue weighted by molar-refractivity contribution is 5.76. The first-order chi connectivity index (χ1) is 19.3. The smallest absolute Gasteiger partial charge is 0.202 e. The largest absolute Gasteiger partial charge is 0.490 e. The third-order valence-corrected chi connectivity index (χ3v) is 7.52. The molecule has 10 nitrogen and oxygen atoms in total. The van der Waals surface area contributed by atoms with Gasteiger partial charge in [-0.25, -0.2) is 9.37 Å². The van der Waals surface area contributed by atoms with Gasteiger partial charge in [0.2, 0.25) is 5.82 Å². The van der Waals surface area contributed by atoms with Gasteiger partial charge in [0.15, 0.2) is 17.4 Å². The normalized spacial score (nSPS) is 17.4. The molecule has 1 aliphatic carbocycles. The first kappa shape index (κ1) is 27.6. The Bertz CT molecular complexity index is 1440. The Morgan fingerprint density at radius 3 is 2.65 bits per heavy atom. The standard InChI is InChI=1S/C28H35F2N9O/c1-17(2)10-11-38-15-20(14-34-38)19-12-22(27(31)33-13-19)28-35-36-37-39(28)23-8-9-24(26(30)25(23)29)40-16-18-4-6-21(32-3)7-5-18/h8-9,12-15,17-18,21,32H,4-7,10-11,16H2,1-3H3,(H2,31,33). The summed E-state index contributed by atoms with van der Waals surface area (Å²) in [6, 6.07) is 5.08. The van der Waals surface area contributed by atoms with Crippen molar-refractivity contribution in [2.24, 2.45) is 11.8 Å². The Hall–Kier alpha value is -3.93. The highest BCUT2D eigenvalue weighted by atomic mass is 19.2. The zero-order valence-electron chi connectivity index (χ0n) is 23.0. The topological polar surface area (TPSA) is 122 Å². The van der Waals surface area contributed by atoms with E-state index in [0.717, 1.165) is 54.5 Å². The fourth-order valence-electron chi connectivity index (χ4n) is 4.98. The van der Waals surface area contributed by atoms with Crippen molar-refractivity contribution in [3.05, 3.63) is 48.4 Å². The van der Waals surface area contributed by atoms with E-state index in [9.17, 15) is 0 Å². The molecular formula is C28H35F2N9O. The molecule has 212 valence electrons. The molecule has 0 aliphatic heterocycles. The summed E-state index contributed by atoms with van der Waals surface area (Å²) in [5.74, 6) is -1.18. The molecule has 0 radical (unpaired) electrons. The van der Waals surface area contributed by atoms with Crippen LogP contribution >= 0.6 is 0 Å². The maximum Gasteiger partial charge on any atom is 0.202 e. The lowest BCUT2D eigenvalue weighted by molar-refractivity contribution is 0.187. The number of nitrogen functional groups attached to an aromatic ring is 1. The molecule has 5 rings (SSSR count). The number of anilines is 1. The van der Waals surface area contributed by atoms with Crippen molar-refractivity contribution in [3.63, 3.8) is 0 Å². The molecular weight excluding hydrogens is 516 g/mol. The van der Waals surface area contributed by atoms with Crippen LogP contribution in [-0.4, -0.2) is 54.7 Å². The maximum absolute atomic E-state index is 15.3. The van der Waals surface area contributed by atoms with Crippen LogP contribution in [0.2, 0.25) is 0 Å². The summed E-state index contributed by atoms with van der Waals surface area (Å²) in [7, 11) is 1.96. The van der Waals surface area contributed by atoms with Crippen LogP contribution in [0.4, 0.5) is 14.6 Å². The minimum Gasteiger partial charge on any atom is -0.490 e. The molecule has 0 unspecified atom stereocenters. The summed E-state index contributed by atoms with van der Waals surface area (Å²) in [6.45, 7) is 5.46. The third-order valence-electron chi connectivity index (χ3n) is 7.52. The first-order valence-electron chi connectivity index (χ1n) is 13.7. The van der Waals surface area contributed by atoms with E-state index in [1.54, 1.807) is 18.5 Å². The van der Waals surface area contributed by atoms with Crippen molar-refractivity contribution in [3.8, 4) is 34.0 Å². The Kier molecular flexibility index (Phi) is 8.34. The summed E-state index contributed by atoms with van der Waals surface area (Å²) in [4.78, 5) is 4.30. The van der Waals surface area contributed by atoms with Crippen LogP contribution < -0.4 is 15.8 Å². The maximum atomic E-state index is 15.3. The lowest BCUT2D eigenvalue weighted by Crippen LogP contribution is -2.31. The number of hydrogen-bond acceptors (Lipinski definition) is 8. The first-order valence-corrected chi connectivity index (χ1v) is 13.7. The number of benzene rings is 1. The number of hydrogen-bond donors (Lipinski definition) is 2. The van der Waals surface area contributed by atoms with E-state index in [4.69, 9.17) is 10.5 Å². The number of halogens is 2. The molecule has 12 heteroatoms. The molecule has 3 N–H and O–H groups in total. The van der Waals surface area contributed by atoms with Crippen LogP contribution in [0.1, 0.15) is 46.0 Å². The van der Waals surface area contributed by atoms with Crippen LogP contribution in [0.3, 0.4) is 0 Å². The number of nitrogens with one attached hydrogen (secondary N) is 1. The quantitative estimate of drug-likeness (QED) is 0.292. The summed E-state index contributed by atoms with van der Waals surface area (Å²) < 4.78 is 39.1. The molecule has 1 saturated carbocycles. The Morgan fingerprint density at radius 1 is 1.10 bits per heavy atom. The van der Waals surface area contributed by atoms with Gasteiger partial charge in [-0.2, -0.15) is 14.2 Å². The Labute approximate surface area is 231 Å². The van der Waals surface area contributed by atoms with Crippen molar-refractivity contribution >= 4 is 5.82 Å². The van der Waals surface area contributed by atoms with Gasteiger partial charge < -0.3 is 15.8 Å². The molecule has 1 aliphatic rings. The predicted octanol–water partition coefficient (Wildman–Crippen LogP) is 4.65. The number of pyridine rings is 1. The summed E-state index contributed by atoms with van der Waals surface area (Å²) in [5, 5.41) is 19.4. The van der Waals surface area contributed by atoms with Gasteiger partial charge in [0.1, 0.15) is 11.5 Å². The lowest BCUT2D eigenvalue weighted by Gasteiger charge is -2.28. The number of aromatic nitrogens is 7. The van der Waals surface area contributed by atoms with Crippen molar-refractivity contribution in [1.82, 2.24) is 40.3 Å². The molecule has 0 amide bonds. The van der Waals surface area contributed by atoms with Crippen molar-refractivity contribution in [2.45, 2.75) is 58.5 Å². The van der Waals surface area contributed by atoms with Gasteiger partial charge in [-0.05, 0) is 79.6 Å². The van der Waals surface area contributed by atoms with E-state index in [1.165, 1.54) is 12.1 Å². The summed E-state index contributed by atoms with van der Waals surface area (Å²) in [5.41, 5.74) is 7.99. The van der Waals surface area contributed by atoms with Gasteiger partial charge >= 0.3 is 0 Å². The van der Waals surface area contributed by atoms with Crippen LogP contribution in [0.5, 0.6) is 5.75 Å². The van der Waals surface area contributed by atoms with Crippen molar-refractivity contribution < 1.29 is 13.5 Å². The van der Waals surface area contributed by atoms with Gasteiger partial charge in [0.05, 0.1) is 18.4 Å². The monoisotopic (exact) mass is 551 g/mol. The Balaban J connectivity index is 1.36. The van der Waals surface area contributed by atoms with Gasteiger partial charge in [0, 0.05) is 36.1 Å². The predicted molar refractivity (Wildman–Crippen MR) is 148 cm³/mol. The van der Waals surface area contributed by atoms with Crippen molar-refractivity contribution in [2.75, 3.05) is 19.4 Å². The number of nitrogens with zero attached hydrogens (tertiary/aromatic N) is 7. The molecule has 1 fully saturated rings. The molecule has 0 atom stereocenters. The lowest BCUT2D eigenvalue weighted by atomic mass is 9.87. The molecule has 3 heterocycles. The number of ether oxygens (including phenoxy) is 1. The average Bonchev–Trinajstić information content (AvgIpc) is 3.64. The van der Waals surface area contributed by atoms with Crippen molar-refractivity contribution in [1.29, 1.82) is 0 Å². The van der Waals surface area contributed by atoms with E-state index in [2.05, 4.69) is 44.8 Å². The van der Waals surface area contributed by atoms with Crippen LogP contribution in [0, 0.1) is 23.5 Å². The zero-order chi connectivity index (χ0) is 28.2. The van der Waals surface area contributed by atoms with Gasteiger partial charge in [-0.1, -0.05) is 13.8 Å². The molecule has 3 aromatic heterocycles. The fourth-order valence-corrected chi connectivity index (χ4v) is 4.98. The molecule has 40 heavy (non-hydrogen) atoms. The van der Waals surface area contributed by atoms with Gasteiger partial charge in [-0.3, -0.25) is 4.68 Å². The summed E-state index contributed by atoms with van der Waals surface area (Å²) in [6.07, 6.45) is 10.4. The Morgan fingerprint density at radius 2 is 1.90 bits per heavy atom. The fraction of sp³-hybridized carbons (Fsp3) is 0.464. The van der Waals surface area contributed by atoms with Crippen LogP contribution in [0.15, 0.2) is 36.8 Å². The second-order valence-corrected chi connectivity index (χ2v) is 10.8. The second kappa shape index (κ2) is 12.1. The molecule has 0 saturated heterocycles. The van der Waals surface area contributed by atoms with Gasteiger partial charge in [-0.15, -0.1) is 5.10 Å². The minimum absolute atomic E-state index is 0.132. The van der Waals surface area contributed by atoms with E-state index in [0.29, 0.717) is 30.0 Å². The number of nitrogens with two attached hydrogens (primary N) is 1. The van der Waals surface area contributed by atoms with E-state index >= 15 is 8.78 Å². The highest BCUT2D eigenvalue weighted by Crippen LogP contribution is 2.32. The molecule has 0 bridgehead atoms. The van der Waals surface area contributed by atoms with Crippen LogP contribution in [-0.2, 0) is 6.54 Å². The number of rotatable bonds is 10. The van der Waals surface area contributed by atoms with Gasteiger partial charge in [0.25, 0.3) is 0 Å². The number of tetrazole rings is 1. The SMILES string of the molecule is CNC1CCC(COc2ccc(-n3nnnc3-c3cc(-c4cnn(CCC(C)C)c4)cnc3N)c(F)c2F)CC1. The van der Waals surface area contributed by atoms with E-state index in [1.807, 2.05) is 17.9 Å². The molecule has 4 aromatic rings. The zero-order valence-corrected chi connectivity index (χ0v) is 23.0. The van der Waals surface area contributed by atoms with Crippen LogP contribution in [0.25, 0.3) is 28.2 Å². The highest BCUT2D eigenvalue weighted by Gasteiger charge is 2.24. The van der Waals surface area contributed by atoms with E-state index in [-0.39, 0.29) is 23.1 Å². The second-order valence-electron chi connectivity index (χ2n) is 10.8. The minimum atomic E-state index is -1.11. The molecule has 1 aromatic carbocycles. The molecule has 0 spiro atoms. The third kappa shape index (κ3) is 5.96.